The number of pyridine rings is 1. The fourth-order valence-corrected chi connectivity index (χ4v) is 5.31. The van der Waals surface area contributed by atoms with Gasteiger partial charge >= 0.3 is 0 Å². The van der Waals surface area contributed by atoms with E-state index in [-0.39, 0.29) is 16.7 Å². The minimum Gasteiger partial charge on any atom is -0.360 e. The van der Waals surface area contributed by atoms with Gasteiger partial charge in [-0.2, -0.15) is 4.31 Å². The molecule has 1 aliphatic heterocycles. The second-order valence-electron chi connectivity index (χ2n) is 6.48. The molecule has 0 saturated carbocycles. The minimum atomic E-state index is -3.57. The quantitative estimate of drug-likeness (QED) is 0.663. The van der Waals surface area contributed by atoms with Gasteiger partial charge < -0.3 is 10.3 Å². The molecule has 2 N–H and O–H groups in total. The van der Waals surface area contributed by atoms with E-state index in [1.165, 1.54) is 34.1 Å². The molecule has 1 aliphatic rings. The van der Waals surface area contributed by atoms with E-state index < -0.39 is 10.0 Å². The van der Waals surface area contributed by atoms with Gasteiger partial charge in [-0.25, -0.2) is 13.4 Å². The maximum atomic E-state index is 12.6. The molecular weight excluding hydrogens is 398 g/mol. The predicted octanol–water partition coefficient (Wildman–Crippen LogP) is 2.57. The minimum absolute atomic E-state index is 0.120. The van der Waals surface area contributed by atoms with E-state index in [4.69, 9.17) is 0 Å². The smallest absolute Gasteiger partial charge is 0.244 e. The summed E-state index contributed by atoms with van der Waals surface area (Å²) in [5.74, 6) is -0.357. The van der Waals surface area contributed by atoms with Crippen LogP contribution in [0.15, 0.2) is 53.1 Å². The van der Waals surface area contributed by atoms with E-state index in [9.17, 15) is 13.2 Å². The number of hydrogen-bond acceptors (Lipinski definition) is 6. The summed E-state index contributed by atoms with van der Waals surface area (Å²) in [6.45, 7) is 0.613. The van der Waals surface area contributed by atoms with Gasteiger partial charge in [-0.1, -0.05) is 0 Å². The summed E-state index contributed by atoms with van der Waals surface area (Å²) in [4.78, 5) is 24.1. The number of H-pyrrole nitrogens is 1. The topological polar surface area (TPSA) is 108 Å². The lowest BCUT2D eigenvalue weighted by molar-refractivity contribution is -0.120. The van der Waals surface area contributed by atoms with Gasteiger partial charge in [0.2, 0.25) is 15.9 Å². The molecule has 1 amide bonds. The SMILES string of the molecule is O=C(Nc1nc(-c2ccc[nH]2)cs1)C1CCN(S(=O)(=O)c2cccnc2)CC1. The first-order chi connectivity index (χ1) is 13.5. The zero-order valence-corrected chi connectivity index (χ0v) is 16.5. The number of piperidine rings is 1. The molecule has 10 heteroatoms. The van der Waals surface area contributed by atoms with E-state index in [0.717, 1.165) is 11.4 Å². The number of amides is 1. The highest BCUT2D eigenvalue weighted by Gasteiger charge is 2.32. The Kier molecular flexibility index (Phi) is 5.25. The van der Waals surface area contributed by atoms with Crippen LogP contribution in [0.25, 0.3) is 11.4 Å². The highest BCUT2D eigenvalue weighted by molar-refractivity contribution is 7.89. The standard InChI is InChI=1S/C18H19N5O3S2/c24-17(22-18-21-16(12-27-18)15-4-2-8-20-15)13-5-9-23(10-6-13)28(25,26)14-3-1-7-19-11-14/h1-4,7-8,11-13,20H,5-6,9-10H2,(H,21,22,24). The van der Waals surface area contributed by atoms with Gasteiger partial charge in [-0.05, 0) is 37.1 Å². The van der Waals surface area contributed by atoms with Crippen molar-refractivity contribution in [3.63, 3.8) is 0 Å². The lowest BCUT2D eigenvalue weighted by Crippen LogP contribution is -2.41. The molecule has 4 heterocycles. The molecule has 0 atom stereocenters. The van der Waals surface area contributed by atoms with Crippen molar-refractivity contribution in [2.75, 3.05) is 18.4 Å². The van der Waals surface area contributed by atoms with Crippen LogP contribution >= 0.6 is 11.3 Å². The molecule has 146 valence electrons. The predicted molar refractivity (Wildman–Crippen MR) is 106 cm³/mol. The number of carbonyl (C=O) groups is 1. The Morgan fingerprint density at radius 1 is 1.25 bits per heavy atom. The molecule has 3 aromatic heterocycles. The zero-order valence-electron chi connectivity index (χ0n) is 14.9. The monoisotopic (exact) mass is 417 g/mol. The fourth-order valence-electron chi connectivity index (χ4n) is 3.16. The third-order valence-electron chi connectivity index (χ3n) is 4.71. The van der Waals surface area contributed by atoms with E-state index in [2.05, 4.69) is 20.3 Å². The summed E-state index contributed by atoms with van der Waals surface area (Å²) in [5.41, 5.74) is 1.67. The van der Waals surface area contributed by atoms with Crippen LogP contribution in [0.2, 0.25) is 0 Å². The highest BCUT2D eigenvalue weighted by Crippen LogP contribution is 2.27. The van der Waals surface area contributed by atoms with Crippen molar-refractivity contribution in [1.82, 2.24) is 19.3 Å². The van der Waals surface area contributed by atoms with Crippen LogP contribution in [0.4, 0.5) is 5.13 Å². The lowest BCUT2D eigenvalue weighted by atomic mass is 9.97. The van der Waals surface area contributed by atoms with Crippen LogP contribution in [-0.4, -0.2) is 46.7 Å². The van der Waals surface area contributed by atoms with Gasteiger partial charge in [0.15, 0.2) is 5.13 Å². The van der Waals surface area contributed by atoms with E-state index in [1.807, 2.05) is 23.7 Å². The van der Waals surface area contributed by atoms with Crippen LogP contribution < -0.4 is 5.32 Å². The zero-order chi connectivity index (χ0) is 19.6. The molecular formula is C18H19N5O3S2. The largest absolute Gasteiger partial charge is 0.360 e. The Morgan fingerprint density at radius 2 is 2.07 bits per heavy atom. The summed E-state index contributed by atoms with van der Waals surface area (Å²) >= 11 is 1.37. The molecule has 3 aromatic rings. The van der Waals surface area contributed by atoms with Crippen LogP contribution in [0.1, 0.15) is 12.8 Å². The lowest BCUT2D eigenvalue weighted by Gasteiger charge is -2.30. The average Bonchev–Trinajstić information content (AvgIpc) is 3.40. The Labute approximate surface area is 166 Å². The molecule has 28 heavy (non-hydrogen) atoms. The van der Waals surface area contributed by atoms with Crippen LogP contribution in [-0.2, 0) is 14.8 Å². The molecule has 1 saturated heterocycles. The number of aromatic nitrogens is 3. The van der Waals surface area contributed by atoms with E-state index >= 15 is 0 Å². The Hall–Kier alpha value is -2.56. The van der Waals surface area contributed by atoms with Gasteiger partial charge in [0.05, 0.1) is 11.4 Å². The van der Waals surface area contributed by atoms with Crippen molar-refractivity contribution in [2.45, 2.75) is 17.7 Å². The second-order valence-corrected chi connectivity index (χ2v) is 9.27. The first-order valence-electron chi connectivity index (χ1n) is 8.84. The molecule has 0 spiro atoms. The van der Waals surface area contributed by atoms with Crippen molar-refractivity contribution in [1.29, 1.82) is 0 Å². The summed E-state index contributed by atoms with van der Waals surface area (Å²) in [5, 5.41) is 5.28. The summed E-state index contributed by atoms with van der Waals surface area (Å²) < 4.78 is 26.7. The third kappa shape index (κ3) is 3.84. The highest BCUT2D eigenvalue weighted by atomic mass is 32.2. The molecule has 4 rings (SSSR count). The van der Waals surface area contributed by atoms with Crippen molar-refractivity contribution in [2.24, 2.45) is 5.92 Å². The van der Waals surface area contributed by atoms with Crippen LogP contribution in [0.3, 0.4) is 0 Å². The maximum Gasteiger partial charge on any atom is 0.244 e. The third-order valence-corrected chi connectivity index (χ3v) is 7.35. The molecule has 0 bridgehead atoms. The van der Waals surface area contributed by atoms with Crippen LogP contribution in [0, 0.1) is 5.92 Å². The Morgan fingerprint density at radius 3 is 2.75 bits per heavy atom. The Balaban J connectivity index is 1.35. The number of thiazole rings is 1. The van der Waals surface area contributed by atoms with Crippen molar-refractivity contribution >= 4 is 32.4 Å². The number of sulfonamides is 1. The number of hydrogen-bond donors (Lipinski definition) is 2. The Bertz CT molecular complexity index is 1040. The summed E-state index contributed by atoms with van der Waals surface area (Å²) in [6, 6.07) is 6.94. The fraction of sp³-hybridized carbons (Fsp3) is 0.278. The molecule has 1 fully saturated rings. The molecule has 8 nitrogen and oxygen atoms in total. The number of rotatable bonds is 5. The van der Waals surface area contributed by atoms with Crippen molar-refractivity contribution in [3.8, 4) is 11.4 Å². The molecule has 0 aromatic carbocycles. The molecule has 0 radical (unpaired) electrons. The van der Waals surface area contributed by atoms with Crippen molar-refractivity contribution in [3.05, 3.63) is 48.2 Å². The number of anilines is 1. The van der Waals surface area contributed by atoms with Crippen LogP contribution in [0.5, 0.6) is 0 Å². The summed E-state index contributed by atoms with van der Waals surface area (Å²) in [7, 11) is -3.57. The number of aromatic amines is 1. The first-order valence-corrected chi connectivity index (χ1v) is 11.2. The van der Waals surface area contributed by atoms with Crippen molar-refractivity contribution < 1.29 is 13.2 Å². The van der Waals surface area contributed by atoms with Gasteiger partial charge in [0.25, 0.3) is 0 Å². The van der Waals surface area contributed by atoms with E-state index in [1.54, 1.807) is 6.07 Å². The van der Waals surface area contributed by atoms with Gasteiger partial charge in [0, 0.05) is 43.0 Å². The number of nitrogens with zero attached hydrogens (tertiary/aromatic N) is 3. The van der Waals surface area contributed by atoms with Gasteiger partial charge in [-0.15, -0.1) is 11.3 Å². The van der Waals surface area contributed by atoms with E-state index in [0.29, 0.717) is 31.1 Å². The number of carbonyl (C=O) groups excluding carboxylic acids is 1. The molecule has 0 unspecified atom stereocenters. The van der Waals surface area contributed by atoms with Gasteiger partial charge in [-0.3, -0.25) is 9.78 Å². The normalized spacial score (nSPS) is 16.1. The van der Waals surface area contributed by atoms with Gasteiger partial charge in [0.1, 0.15) is 4.90 Å². The maximum absolute atomic E-state index is 12.6. The average molecular weight is 418 g/mol. The first kappa shape index (κ1) is 18.8. The second kappa shape index (κ2) is 7.82. The molecule has 0 aliphatic carbocycles. The summed E-state index contributed by atoms with van der Waals surface area (Å²) in [6.07, 6.45) is 5.65. The number of nitrogens with one attached hydrogen (secondary N) is 2.